The number of fused-ring (bicyclic) bond motifs is 1. The van der Waals surface area contributed by atoms with Crippen LogP contribution in [0.1, 0.15) is 17.4 Å². The number of carbonyl (C=O) groups excluding carboxylic acids is 1. The van der Waals surface area contributed by atoms with E-state index >= 15 is 0 Å². The zero-order chi connectivity index (χ0) is 15.7. The van der Waals surface area contributed by atoms with Crippen LogP contribution in [0.5, 0.6) is 0 Å². The van der Waals surface area contributed by atoms with Gasteiger partial charge in [-0.25, -0.2) is 8.42 Å². The van der Waals surface area contributed by atoms with Crippen molar-refractivity contribution < 1.29 is 13.2 Å². The number of hydrogen-bond donors (Lipinski definition) is 1. The van der Waals surface area contributed by atoms with E-state index in [-0.39, 0.29) is 10.1 Å². The second-order valence-corrected chi connectivity index (χ2v) is 8.22. The molecule has 0 atom stereocenters. The molecule has 3 heterocycles. The Morgan fingerprint density at radius 3 is 3.00 bits per heavy atom. The maximum atomic E-state index is 12.8. The van der Waals surface area contributed by atoms with E-state index in [1.165, 1.54) is 22.6 Å². The number of amides is 1. The van der Waals surface area contributed by atoms with Gasteiger partial charge in [-0.1, -0.05) is 0 Å². The highest BCUT2D eigenvalue weighted by Crippen LogP contribution is 2.34. The standard InChI is InChI=1S/C14H15N3O3S2/c1-10(18)16-9-12-2-3-14(21-12)22(19,20)17-7-5-11-8-15-6-4-13(11)17/h2-4,6,8H,5,7,9H2,1H3,(H,16,18). The van der Waals surface area contributed by atoms with Crippen LogP contribution in [0.3, 0.4) is 0 Å². The maximum absolute atomic E-state index is 12.8. The van der Waals surface area contributed by atoms with Crippen molar-refractivity contribution >= 4 is 33.0 Å². The lowest BCUT2D eigenvalue weighted by Crippen LogP contribution is -2.28. The predicted molar refractivity (Wildman–Crippen MR) is 84.3 cm³/mol. The van der Waals surface area contributed by atoms with Gasteiger partial charge < -0.3 is 5.32 Å². The molecule has 22 heavy (non-hydrogen) atoms. The number of anilines is 1. The van der Waals surface area contributed by atoms with Gasteiger partial charge >= 0.3 is 0 Å². The van der Waals surface area contributed by atoms with Crippen LogP contribution in [-0.4, -0.2) is 25.9 Å². The Kier molecular flexibility index (Phi) is 3.88. The molecule has 2 aromatic heterocycles. The molecule has 0 saturated heterocycles. The lowest BCUT2D eigenvalue weighted by Gasteiger charge is -2.18. The monoisotopic (exact) mass is 337 g/mol. The van der Waals surface area contributed by atoms with Crippen molar-refractivity contribution in [1.82, 2.24) is 10.3 Å². The zero-order valence-corrected chi connectivity index (χ0v) is 13.6. The summed E-state index contributed by atoms with van der Waals surface area (Å²) in [5.74, 6) is -0.140. The number of nitrogens with zero attached hydrogens (tertiary/aromatic N) is 2. The Balaban J connectivity index is 1.87. The van der Waals surface area contributed by atoms with Gasteiger partial charge in [0.15, 0.2) is 0 Å². The first-order valence-electron chi connectivity index (χ1n) is 6.77. The molecule has 116 valence electrons. The van der Waals surface area contributed by atoms with E-state index in [0.717, 1.165) is 10.4 Å². The second-order valence-electron chi connectivity index (χ2n) is 4.96. The molecule has 0 aromatic carbocycles. The quantitative estimate of drug-likeness (QED) is 0.917. The van der Waals surface area contributed by atoms with Gasteiger partial charge in [-0.3, -0.25) is 14.1 Å². The molecule has 3 rings (SSSR count). The lowest BCUT2D eigenvalue weighted by molar-refractivity contribution is -0.119. The molecule has 0 bridgehead atoms. The summed E-state index contributed by atoms with van der Waals surface area (Å²) in [4.78, 5) is 15.8. The van der Waals surface area contributed by atoms with Crippen molar-refractivity contribution in [3.8, 4) is 0 Å². The highest BCUT2D eigenvalue weighted by molar-refractivity contribution is 7.94. The third kappa shape index (κ3) is 2.71. The van der Waals surface area contributed by atoms with Crippen molar-refractivity contribution in [2.24, 2.45) is 0 Å². The number of sulfonamides is 1. The van der Waals surface area contributed by atoms with Gasteiger partial charge in [0.05, 0.1) is 12.2 Å². The molecule has 2 aromatic rings. The molecule has 8 heteroatoms. The number of aromatic nitrogens is 1. The van der Waals surface area contributed by atoms with Gasteiger partial charge in [-0.05, 0) is 30.2 Å². The third-order valence-electron chi connectivity index (χ3n) is 3.42. The molecular weight excluding hydrogens is 322 g/mol. The Morgan fingerprint density at radius 2 is 2.23 bits per heavy atom. The first-order valence-corrected chi connectivity index (χ1v) is 9.03. The molecule has 1 N–H and O–H groups in total. The van der Waals surface area contributed by atoms with Gasteiger partial charge in [0.25, 0.3) is 10.0 Å². The summed E-state index contributed by atoms with van der Waals surface area (Å²) in [5.41, 5.74) is 1.65. The number of carbonyl (C=O) groups is 1. The molecule has 6 nitrogen and oxygen atoms in total. The average Bonchev–Trinajstić information content (AvgIpc) is 3.12. The van der Waals surface area contributed by atoms with Crippen molar-refractivity contribution in [2.45, 2.75) is 24.1 Å². The van der Waals surface area contributed by atoms with Crippen LogP contribution in [0.15, 0.2) is 34.8 Å². The minimum atomic E-state index is -3.56. The van der Waals surface area contributed by atoms with Gasteiger partial charge in [0.1, 0.15) is 4.21 Å². The molecule has 0 spiro atoms. The molecule has 0 radical (unpaired) electrons. The van der Waals surface area contributed by atoms with Crippen molar-refractivity contribution in [3.05, 3.63) is 41.0 Å². The third-order valence-corrected chi connectivity index (χ3v) is 6.79. The maximum Gasteiger partial charge on any atom is 0.273 e. The number of rotatable bonds is 4. The van der Waals surface area contributed by atoms with Gasteiger partial charge in [0, 0.05) is 30.7 Å². The Bertz CT molecular complexity index is 814. The molecule has 0 saturated carbocycles. The fourth-order valence-electron chi connectivity index (χ4n) is 2.36. The highest BCUT2D eigenvalue weighted by atomic mass is 32.2. The number of pyridine rings is 1. The molecule has 1 amide bonds. The largest absolute Gasteiger partial charge is 0.351 e. The van der Waals surface area contributed by atoms with Crippen LogP contribution in [0, 0.1) is 0 Å². The van der Waals surface area contributed by atoms with E-state index in [0.29, 0.717) is 25.2 Å². The van der Waals surface area contributed by atoms with E-state index in [2.05, 4.69) is 10.3 Å². The summed E-state index contributed by atoms with van der Waals surface area (Å²) in [6.45, 7) is 2.21. The van der Waals surface area contributed by atoms with Gasteiger partial charge in [-0.2, -0.15) is 0 Å². The summed E-state index contributed by atoms with van der Waals surface area (Å²) < 4.78 is 27.3. The number of thiophene rings is 1. The molecule has 0 fully saturated rings. The predicted octanol–water partition coefficient (Wildman–Crippen LogP) is 1.53. The van der Waals surface area contributed by atoms with Crippen LogP contribution in [0.25, 0.3) is 0 Å². The summed E-state index contributed by atoms with van der Waals surface area (Å²) in [7, 11) is -3.56. The Hall–Kier alpha value is -1.93. The molecule has 0 unspecified atom stereocenters. The van der Waals surface area contributed by atoms with Crippen LogP contribution in [0.2, 0.25) is 0 Å². The first-order chi connectivity index (χ1) is 10.5. The van der Waals surface area contributed by atoms with Crippen molar-refractivity contribution in [2.75, 3.05) is 10.8 Å². The normalized spacial score (nSPS) is 14.0. The van der Waals surface area contributed by atoms with E-state index in [1.54, 1.807) is 30.6 Å². The molecule has 1 aliphatic rings. The second kappa shape index (κ2) is 5.69. The smallest absolute Gasteiger partial charge is 0.273 e. The van der Waals surface area contributed by atoms with Gasteiger partial charge in [0.2, 0.25) is 5.91 Å². The summed E-state index contributed by atoms with van der Waals surface area (Å²) in [6.07, 6.45) is 3.98. The highest BCUT2D eigenvalue weighted by Gasteiger charge is 2.31. The lowest BCUT2D eigenvalue weighted by atomic mass is 10.2. The van der Waals surface area contributed by atoms with Crippen LogP contribution in [0.4, 0.5) is 5.69 Å². The Morgan fingerprint density at radius 1 is 1.41 bits per heavy atom. The average molecular weight is 337 g/mol. The molecular formula is C14H15N3O3S2. The summed E-state index contributed by atoms with van der Waals surface area (Å²) in [5, 5.41) is 2.67. The SMILES string of the molecule is CC(=O)NCc1ccc(S(=O)(=O)N2CCc3cnccc32)s1. The fraction of sp³-hybridized carbons (Fsp3) is 0.286. The van der Waals surface area contributed by atoms with Crippen molar-refractivity contribution in [1.29, 1.82) is 0 Å². The van der Waals surface area contributed by atoms with E-state index in [9.17, 15) is 13.2 Å². The van der Waals surface area contributed by atoms with E-state index in [1.807, 2.05) is 0 Å². The van der Waals surface area contributed by atoms with Crippen LogP contribution in [-0.2, 0) is 27.8 Å². The Labute approximate surface area is 132 Å². The van der Waals surface area contributed by atoms with Crippen LogP contribution >= 0.6 is 11.3 Å². The van der Waals surface area contributed by atoms with Gasteiger partial charge in [-0.15, -0.1) is 11.3 Å². The topological polar surface area (TPSA) is 79.4 Å². The fourth-order valence-corrected chi connectivity index (χ4v) is 5.27. The number of nitrogens with one attached hydrogen (secondary N) is 1. The summed E-state index contributed by atoms with van der Waals surface area (Å²) in [6, 6.07) is 5.05. The van der Waals surface area contributed by atoms with E-state index in [4.69, 9.17) is 0 Å². The summed E-state index contributed by atoms with van der Waals surface area (Å²) >= 11 is 1.18. The number of hydrogen-bond acceptors (Lipinski definition) is 5. The van der Waals surface area contributed by atoms with Crippen LogP contribution < -0.4 is 9.62 Å². The minimum absolute atomic E-state index is 0.140. The zero-order valence-electron chi connectivity index (χ0n) is 11.9. The minimum Gasteiger partial charge on any atom is -0.351 e. The van der Waals surface area contributed by atoms with Crippen molar-refractivity contribution in [3.63, 3.8) is 0 Å². The molecule has 0 aliphatic carbocycles. The molecule has 1 aliphatic heterocycles. The van der Waals surface area contributed by atoms with E-state index < -0.39 is 10.0 Å². The first kappa shape index (κ1) is 15.0.